The number of hydrogen-bond acceptors (Lipinski definition) is 5. The topological polar surface area (TPSA) is 68.6 Å². The number of nitrogens with one attached hydrogen (secondary N) is 1. The van der Waals surface area contributed by atoms with Gasteiger partial charge in [-0.2, -0.15) is 0 Å². The number of aliphatic hydroxyl groups excluding tert-OH is 2. The molecular weight excluding hydrogens is 242 g/mol. The van der Waals surface area contributed by atoms with E-state index in [1.807, 2.05) is 23.2 Å². The first-order chi connectivity index (χ1) is 9.11. The first-order valence-corrected chi connectivity index (χ1v) is 6.92. The maximum Gasteiger partial charge on any atom is 0.0990 e. The van der Waals surface area contributed by atoms with Crippen LogP contribution in [0.3, 0.4) is 0 Å². The van der Waals surface area contributed by atoms with Crippen molar-refractivity contribution in [2.45, 2.75) is 38.5 Å². The van der Waals surface area contributed by atoms with E-state index in [0.29, 0.717) is 13.1 Å². The first kappa shape index (κ1) is 14.2. The highest BCUT2D eigenvalue weighted by molar-refractivity contribution is 5.46. The molecule has 0 aliphatic carbocycles. The number of β-amino-alcohol motifs (C(OH)–C–C–N with tert-alkyl or cyclic N) is 2. The number of hydrogen-bond donors (Lipinski definition) is 3. The number of rotatable bonds is 5. The lowest BCUT2D eigenvalue weighted by atomic mass is 10.2. The molecule has 0 spiro atoms. The van der Waals surface area contributed by atoms with Crippen molar-refractivity contribution in [3.05, 3.63) is 24.0 Å². The van der Waals surface area contributed by atoms with Crippen LogP contribution in [-0.4, -0.2) is 47.0 Å². The van der Waals surface area contributed by atoms with Gasteiger partial charge < -0.3 is 20.4 Å². The average Bonchev–Trinajstić information content (AvgIpc) is 2.76. The van der Waals surface area contributed by atoms with E-state index in [2.05, 4.69) is 24.1 Å². The maximum atomic E-state index is 9.55. The second kappa shape index (κ2) is 6.32. The summed E-state index contributed by atoms with van der Waals surface area (Å²) in [4.78, 5) is 6.41. The molecule has 106 valence electrons. The zero-order valence-corrected chi connectivity index (χ0v) is 11.6. The second-order valence-corrected chi connectivity index (χ2v) is 5.16. The molecular formula is C14H23N3O2. The minimum atomic E-state index is -0.662. The molecule has 0 bridgehead atoms. The summed E-state index contributed by atoms with van der Waals surface area (Å²) in [5.41, 5.74) is 1.96. The van der Waals surface area contributed by atoms with Gasteiger partial charge in [0, 0.05) is 19.1 Å². The molecule has 1 saturated heterocycles. The molecule has 1 fully saturated rings. The number of anilines is 1. The lowest BCUT2D eigenvalue weighted by Gasteiger charge is -2.18. The Morgan fingerprint density at radius 1 is 1.37 bits per heavy atom. The molecule has 1 aliphatic rings. The molecule has 2 heterocycles. The van der Waals surface area contributed by atoms with Gasteiger partial charge in [0.25, 0.3) is 0 Å². The fourth-order valence-electron chi connectivity index (χ4n) is 2.29. The van der Waals surface area contributed by atoms with Crippen LogP contribution in [0, 0.1) is 0 Å². The molecule has 1 aromatic heterocycles. The van der Waals surface area contributed by atoms with Gasteiger partial charge in [0.05, 0.1) is 29.8 Å². The molecule has 3 N–H and O–H groups in total. The first-order valence-electron chi connectivity index (χ1n) is 6.92. The van der Waals surface area contributed by atoms with Crippen molar-refractivity contribution in [2.75, 3.05) is 24.5 Å². The summed E-state index contributed by atoms with van der Waals surface area (Å²) in [6.45, 7) is 6.15. The highest BCUT2D eigenvalue weighted by Gasteiger charge is 2.29. The Labute approximate surface area is 114 Å². The number of nitrogens with zero attached hydrogens (tertiary/aromatic N) is 2. The van der Waals surface area contributed by atoms with Crippen molar-refractivity contribution < 1.29 is 10.2 Å². The van der Waals surface area contributed by atoms with Gasteiger partial charge in [-0.25, -0.2) is 0 Å². The minimum Gasteiger partial charge on any atom is -0.389 e. The van der Waals surface area contributed by atoms with Crippen LogP contribution in [0.15, 0.2) is 18.3 Å². The molecule has 1 aromatic rings. The Morgan fingerprint density at radius 2 is 2.05 bits per heavy atom. The summed E-state index contributed by atoms with van der Waals surface area (Å²) in [5.74, 6) is 0. The van der Waals surface area contributed by atoms with E-state index < -0.39 is 12.2 Å². The van der Waals surface area contributed by atoms with Crippen LogP contribution in [0.25, 0.3) is 0 Å². The third-order valence-corrected chi connectivity index (χ3v) is 3.54. The van der Waals surface area contributed by atoms with Crippen LogP contribution in [0.4, 0.5) is 5.69 Å². The normalized spacial score (nSPS) is 24.7. The summed E-state index contributed by atoms with van der Waals surface area (Å²) in [7, 11) is 0. The summed E-state index contributed by atoms with van der Waals surface area (Å²) in [6.07, 6.45) is 1.59. The van der Waals surface area contributed by atoms with Crippen molar-refractivity contribution in [3.63, 3.8) is 0 Å². The molecule has 0 amide bonds. The molecule has 3 atom stereocenters. The predicted molar refractivity (Wildman–Crippen MR) is 75.2 cm³/mol. The van der Waals surface area contributed by atoms with E-state index in [9.17, 15) is 10.2 Å². The van der Waals surface area contributed by atoms with Crippen LogP contribution in [0.1, 0.15) is 32.0 Å². The van der Waals surface area contributed by atoms with Gasteiger partial charge in [-0.1, -0.05) is 6.92 Å². The van der Waals surface area contributed by atoms with Gasteiger partial charge in [0.2, 0.25) is 0 Å². The Balaban J connectivity index is 1.98. The highest BCUT2D eigenvalue weighted by atomic mass is 16.3. The predicted octanol–water partition coefficient (Wildman–Crippen LogP) is 0.684. The van der Waals surface area contributed by atoms with Crippen molar-refractivity contribution >= 4 is 5.69 Å². The van der Waals surface area contributed by atoms with Gasteiger partial charge in [0.15, 0.2) is 0 Å². The molecule has 2 rings (SSSR count). The lowest BCUT2D eigenvalue weighted by Crippen LogP contribution is -2.22. The SMILES string of the molecule is CCCNC(C)c1ccc(N2CC(O)C(O)C2)cn1. The van der Waals surface area contributed by atoms with Gasteiger partial charge in [-0.3, -0.25) is 4.98 Å². The second-order valence-electron chi connectivity index (χ2n) is 5.16. The molecule has 19 heavy (non-hydrogen) atoms. The van der Waals surface area contributed by atoms with E-state index in [4.69, 9.17) is 0 Å². The fraction of sp³-hybridized carbons (Fsp3) is 0.643. The maximum absolute atomic E-state index is 9.55. The lowest BCUT2D eigenvalue weighted by molar-refractivity contribution is 0.0572. The van der Waals surface area contributed by atoms with Crippen molar-refractivity contribution in [1.29, 1.82) is 0 Å². The minimum absolute atomic E-state index is 0.240. The fourth-order valence-corrected chi connectivity index (χ4v) is 2.29. The zero-order chi connectivity index (χ0) is 13.8. The molecule has 5 heteroatoms. The largest absolute Gasteiger partial charge is 0.389 e. The third kappa shape index (κ3) is 3.43. The van der Waals surface area contributed by atoms with Crippen molar-refractivity contribution in [1.82, 2.24) is 10.3 Å². The van der Waals surface area contributed by atoms with Gasteiger partial charge in [-0.15, -0.1) is 0 Å². The van der Waals surface area contributed by atoms with Crippen molar-refractivity contribution in [2.24, 2.45) is 0 Å². The van der Waals surface area contributed by atoms with E-state index in [1.54, 1.807) is 0 Å². The van der Waals surface area contributed by atoms with Gasteiger partial charge >= 0.3 is 0 Å². The van der Waals surface area contributed by atoms with E-state index in [-0.39, 0.29) is 6.04 Å². The summed E-state index contributed by atoms with van der Waals surface area (Å²) < 4.78 is 0. The van der Waals surface area contributed by atoms with Crippen LogP contribution in [0.5, 0.6) is 0 Å². The standard InChI is InChI=1S/C14H23N3O2/c1-3-6-15-10(2)12-5-4-11(7-16-12)17-8-13(18)14(19)9-17/h4-5,7,10,13-15,18-19H,3,6,8-9H2,1-2H3. The summed E-state index contributed by atoms with van der Waals surface area (Å²) in [6, 6.07) is 4.24. The molecule has 1 aliphatic heterocycles. The quantitative estimate of drug-likeness (QED) is 0.730. The summed E-state index contributed by atoms with van der Waals surface area (Å²) >= 11 is 0. The zero-order valence-electron chi connectivity index (χ0n) is 11.6. The van der Waals surface area contributed by atoms with Gasteiger partial charge in [-0.05, 0) is 32.0 Å². The smallest absolute Gasteiger partial charge is 0.0990 e. The van der Waals surface area contributed by atoms with Crippen molar-refractivity contribution in [3.8, 4) is 0 Å². The molecule has 0 saturated carbocycles. The Hall–Kier alpha value is -1.17. The highest BCUT2D eigenvalue weighted by Crippen LogP contribution is 2.21. The van der Waals surface area contributed by atoms with Crippen LogP contribution in [-0.2, 0) is 0 Å². The number of aliphatic hydroxyl groups is 2. The Bertz CT molecular complexity index is 386. The Morgan fingerprint density at radius 3 is 2.58 bits per heavy atom. The Kier molecular flexibility index (Phi) is 4.74. The molecule has 3 unspecified atom stereocenters. The molecule has 0 radical (unpaired) electrons. The number of pyridine rings is 1. The molecule has 0 aromatic carbocycles. The third-order valence-electron chi connectivity index (χ3n) is 3.54. The van der Waals surface area contributed by atoms with Crippen LogP contribution in [0.2, 0.25) is 0 Å². The number of aromatic nitrogens is 1. The van der Waals surface area contributed by atoms with E-state index in [0.717, 1.165) is 24.3 Å². The van der Waals surface area contributed by atoms with Crippen LogP contribution < -0.4 is 10.2 Å². The van der Waals surface area contributed by atoms with E-state index >= 15 is 0 Å². The molecule has 5 nitrogen and oxygen atoms in total. The van der Waals surface area contributed by atoms with E-state index in [1.165, 1.54) is 0 Å². The van der Waals surface area contributed by atoms with Crippen LogP contribution >= 0.6 is 0 Å². The summed E-state index contributed by atoms with van der Waals surface area (Å²) in [5, 5.41) is 22.5. The van der Waals surface area contributed by atoms with Gasteiger partial charge in [0.1, 0.15) is 0 Å². The average molecular weight is 265 g/mol. The monoisotopic (exact) mass is 265 g/mol.